The average molecular weight is 260 g/mol. The first kappa shape index (κ1) is 12.9. The number of aromatic nitrogens is 1. The van der Waals surface area contributed by atoms with Crippen molar-refractivity contribution in [3.63, 3.8) is 0 Å². The molecule has 0 aliphatic carbocycles. The van der Waals surface area contributed by atoms with Crippen LogP contribution in [0.15, 0.2) is 18.3 Å². The Labute approximate surface area is 115 Å². The van der Waals surface area contributed by atoms with Gasteiger partial charge in [0, 0.05) is 43.5 Å². The van der Waals surface area contributed by atoms with E-state index in [0.29, 0.717) is 6.04 Å². The summed E-state index contributed by atoms with van der Waals surface area (Å²) in [6.07, 6.45) is 5.79. The molecule has 3 heterocycles. The molecule has 0 spiro atoms. The summed E-state index contributed by atoms with van der Waals surface area (Å²) in [5.41, 5.74) is 7.26. The fourth-order valence-corrected chi connectivity index (χ4v) is 3.43. The Hall–Kier alpha value is -1.13. The van der Waals surface area contributed by atoms with E-state index >= 15 is 0 Å². The van der Waals surface area contributed by atoms with Gasteiger partial charge in [0.05, 0.1) is 0 Å². The molecule has 0 bridgehead atoms. The Morgan fingerprint density at radius 3 is 3.00 bits per heavy atom. The van der Waals surface area contributed by atoms with E-state index in [9.17, 15) is 0 Å². The normalized spacial score (nSPS) is 26.0. The van der Waals surface area contributed by atoms with Crippen molar-refractivity contribution in [2.75, 3.05) is 31.1 Å². The van der Waals surface area contributed by atoms with Gasteiger partial charge in [-0.2, -0.15) is 0 Å². The SMILES string of the molecule is CC(N)c1cccnc1N1CCCN2CCCC2C1. The van der Waals surface area contributed by atoms with Gasteiger partial charge in [-0.05, 0) is 38.8 Å². The minimum atomic E-state index is 0.0478. The maximum Gasteiger partial charge on any atom is 0.133 e. The zero-order chi connectivity index (χ0) is 13.2. The first-order valence-corrected chi connectivity index (χ1v) is 7.45. The molecule has 0 saturated carbocycles. The second-order valence-corrected chi connectivity index (χ2v) is 5.84. The van der Waals surface area contributed by atoms with Crippen LogP contribution in [-0.2, 0) is 0 Å². The summed E-state index contributed by atoms with van der Waals surface area (Å²) in [6.45, 7) is 6.77. The Kier molecular flexibility index (Phi) is 3.71. The maximum atomic E-state index is 6.09. The van der Waals surface area contributed by atoms with Gasteiger partial charge in [-0.15, -0.1) is 0 Å². The molecule has 4 heteroatoms. The smallest absolute Gasteiger partial charge is 0.133 e. The highest BCUT2D eigenvalue weighted by molar-refractivity contribution is 5.48. The molecular formula is C15H24N4. The van der Waals surface area contributed by atoms with Gasteiger partial charge >= 0.3 is 0 Å². The van der Waals surface area contributed by atoms with Crippen LogP contribution in [0.4, 0.5) is 5.82 Å². The van der Waals surface area contributed by atoms with Crippen LogP contribution < -0.4 is 10.6 Å². The summed E-state index contributed by atoms with van der Waals surface area (Å²) in [7, 11) is 0. The highest BCUT2D eigenvalue weighted by Gasteiger charge is 2.29. The van der Waals surface area contributed by atoms with Crippen molar-refractivity contribution < 1.29 is 0 Å². The minimum absolute atomic E-state index is 0.0478. The van der Waals surface area contributed by atoms with Crippen LogP contribution in [0.3, 0.4) is 0 Å². The fraction of sp³-hybridized carbons (Fsp3) is 0.667. The van der Waals surface area contributed by atoms with Crippen LogP contribution in [-0.4, -0.2) is 42.1 Å². The lowest BCUT2D eigenvalue weighted by molar-refractivity contribution is 0.273. The third-order valence-corrected chi connectivity index (χ3v) is 4.41. The lowest BCUT2D eigenvalue weighted by Crippen LogP contribution is -2.37. The van der Waals surface area contributed by atoms with Crippen molar-refractivity contribution in [1.82, 2.24) is 9.88 Å². The van der Waals surface area contributed by atoms with Crippen LogP contribution in [0.25, 0.3) is 0 Å². The van der Waals surface area contributed by atoms with E-state index in [1.165, 1.54) is 37.9 Å². The monoisotopic (exact) mass is 260 g/mol. The van der Waals surface area contributed by atoms with E-state index in [1.54, 1.807) is 0 Å². The second kappa shape index (κ2) is 5.47. The molecule has 2 unspecified atom stereocenters. The van der Waals surface area contributed by atoms with Crippen molar-refractivity contribution in [3.8, 4) is 0 Å². The summed E-state index contributed by atoms with van der Waals surface area (Å²) in [6, 6.07) is 4.86. The molecule has 4 nitrogen and oxygen atoms in total. The summed E-state index contributed by atoms with van der Waals surface area (Å²) >= 11 is 0. The first-order chi connectivity index (χ1) is 9.25. The lowest BCUT2D eigenvalue weighted by atomic mass is 10.1. The van der Waals surface area contributed by atoms with Crippen molar-refractivity contribution in [2.45, 2.75) is 38.3 Å². The summed E-state index contributed by atoms with van der Waals surface area (Å²) < 4.78 is 0. The zero-order valence-electron chi connectivity index (χ0n) is 11.8. The Balaban J connectivity index is 1.85. The molecule has 2 saturated heterocycles. The van der Waals surface area contributed by atoms with E-state index < -0.39 is 0 Å². The van der Waals surface area contributed by atoms with E-state index in [2.05, 4.69) is 20.9 Å². The standard InChI is InChI=1S/C15H24N4/c1-12(16)14-6-2-7-17-15(14)19-10-4-9-18-8-3-5-13(18)11-19/h2,6-7,12-13H,3-5,8-11,16H2,1H3. The van der Waals surface area contributed by atoms with Crippen LogP contribution in [0.2, 0.25) is 0 Å². The van der Waals surface area contributed by atoms with Crippen molar-refractivity contribution >= 4 is 5.82 Å². The summed E-state index contributed by atoms with van der Waals surface area (Å²) in [4.78, 5) is 9.71. The molecule has 1 aromatic heterocycles. The van der Waals surface area contributed by atoms with Gasteiger partial charge in [0.25, 0.3) is 0 Å². The van der Waals surface area contributed by atoms with Crippen LogP contribution in [0.1, 0.15) is 37.8 Å². The van der Waals surface area contributed by atoms with Crippen molar-refractivity contribution in [1.29, 1.82) is 0 Å². The first-order valence-electron chi connectivity index (χ1n) is 7.45. The molecule has 0 radical (unpaired) electrons. The third-order valence-electron chi connectivity index (χ3n) is 4.41. The lowest BCUT2D eigenvalue weighted by Gasteiger charge is -2.28. The van der Waals surface area contributed by atoms with Gasteiger partial charge in [-0.25, -0.2) is 4.98 Å². The van der Waals surface area contributed by atoms with E-state index in [1.807, 2.05) is 19.2 Å². The predicted octanol–water partition coefficient (Wildman–Crippen LogP) is 1.78. The molecule has 0 amide bonds. The molecule has 2 aliphatic heterocycles. The van der Waals surface area contributed by atoms with Gasteiger partial charge in [-0.1, -0.05) is 6.07 Å². The summed E-state index contributed by atoms with van der Waals surface area (Å²) in [5.74, 6) is 1.10. The number of nitrogens with two attached hydrogens (primary N) is 1. The number of hydrogen-bond acceptors (Lipinski definition) is 4. The van der Waals surface area contributed by atoms with Gasteiger partial charge < -0.3 is 10.6 Å². The average Bonchev–Trinajstić information content (AvgIpc) is 2.76. The van der Waals surface area contributed by atoms with Crippen molar-refractivity contribution in [2.24, 2.45) is 5.73 Å². The number of pyridine rings is 1. The Bertz CT molecular complexity index is 432. The molecule has 2 aliphatic rings. The van der Waals surface area contributed by atoms with E-state index in [0.717, 1.165) is 18.9 Å². The quantitative estimate of drug-likeness (QED) is 0.880. The number of anilines is 1. The number of hydrogen-bond donors (Lipinski definition) is 1. The zero-order valence-corrected chi connectivity index (χ0v) is 11.8. The predicted molar refractivity (Wildman–Crippen MR) is 78.3 cm³/mol. The molecule has 3 rings (SSSR count). The van der Waals surface area contributed by atoms with E-state index in [-0.39, 0.29) is 6.04 Å². The highest BCUT2D eigenvalue weighted by atomic mass is 15.3. The van der Waals surface area contributed by atoms with Gasteiger partial charge in [0.1, 0.15) is 5.82 Å². The van der Waals surface area contributed by atoms with Gasteiger partial charge in [0.15, 0.2) is 0 Å². The molecular weight excluding hydrogens is 236 g/mol. The Morgan fingerprint density at radius 1 is 1.32 bits per heavy atom. The van der Waals surface area contributed by atoms with Crippen molar-refractivity contribution in [3.05, 3.63) is 23.9 Å². The second-order valence-electron chi connectivity index (χ2n) is 5.84. The van der Waals surface area contributed by atoms with Crippen LogP contribution in [0, 0.1) is 0 Å². The minimum Gasteiger partial charge on any atom is -0.355 e. The molecule has 1 aromatic rings. The molecule has 104 valence electrons. The maximum absolute atomic E-state index is 6.09. The fourth-order valence-electron chi connectivity index (χ4n) is 3.43. The molecule has 19 heavy (non-hydrogen) atoms. The Morgan fingerprint density at radius 2 is 2.16 bits per heavy atom. The number of fused-ring (bicyclic) bond motifs is 1. The van der Waals surface area contributed by atoms with Gasteiger partial charge in [-0.3, -0.25) is 4.90 Å². The van der Waals surface area contributed by atoms with Crippen LogP contribution in [0.5, 0.6) is 0 Å². The largest absolute Gasteiger partial charge is 0.355 e. The summed E-state index contributed by atoms with van der Waals surface area (Å²) in [5, 5.41) is 0. The molecule has 2 fully saturated rings. The molecule has 2 atom stereocenters. The highest BCUT2D eigenvalue weighted by Crippen LogP contribution is 2.27. The van der Waals surface area contributed by atoms with E-state index in [4.69, 9.17) is 5.73 Å². The number of nitrogens with zero attached hydrogens (tertiary/aromatic N) is 3. The topological polar surface area (TPSA) is 45.4 Å². The molecule has 2 N–H and O–H groups in total. The van der Waals surface area contributed by atoms with Crippen LogP contribution >= 0.6 is 0 Å². The van der Waals surface area contributed by atoms with Gasteiger partial charge in [0.2, 0.25) is 0 Å². The molecule has 0 aromatic carbocycles. The third kappa shape index (κ3) is 2.60. The number of rotatable bonds is 2.